The number of sulfone groups is 1. The van der Waals surface area contributed by atoms with Crippen LogP contribution in [0.5, 0.6) is 0 Å². The molecule has 0 atom stereocenters. The summed E-state index contributed by atoms with van der Waals surface area (Å²) in [5.41, 5.74) is 1.32. The highest BCUT2D eigenvalue weighted by atomic mass is 35.5. The Bertz CT molecular complexity index is 895. The van der Waals surface area contributed by atoms with Gasteiger partial charge in [-0.3, -0.25) is 0 Å². The molecule has 0 saturated carbocycles. The first-order valence-corrected chi connectivity index (χ1v) is 9.43. The van der Waals surface area contributed by atoms with Crippen LogP contribution in [-0.4, -0.2) is 20.4 Å². The number of hydrogen-bond donors (Lipinski definition) is 1. The lowest BCUT2D eigenvalue weighted by Gasteiger charge is -2.04. The lowest BCUT2D eigenvalue weighted by atomic mass is 10.2. The minimum Gasteiger partial charge on any atom is -0.314 e. The Labute approximate surface area is 151 Å². The van der Waals surface area contributed by atoms with Crippen LogP contribution in [0.25, 0.3) is 11.3 Å². The third-order valence-electron chi connectivity index (χ3n) is 3.31. The zero-order valence-electron chi connectivity index (χ0n) is 13.0. The Balaban J connectivity index is 0.00000208. The molecule has 0 saturated heterocycles. The molecule has 0 amide bonds. The molecule has 1 N–H and O–H groups in total. The summed E-state index contributed by atoms with van der Waals surface area (Å²) in [5, 5.41) is 3.77. The molecule has 0 unspecified atom stereocenters. The standard InChI is InChI=1S/C17H16N2O2S2.ClH/c1-18-12-15-19-16(13-8-4-2-5-9-13)17(22-15)23(20,21)14-10-6-3-7-11-14;/h2-11,18H,12H2,1H3;1H. The van der Waals surface area contributed by atoms with Crippen LogP contribution in [0, 0.1) is 0 Å². The highest BCUT2D eigenvalue weighted by Gasteiger charge is 2.26. The van der Waals surface area contributed by atoms with Crippen LogP contribution in [-0.2, 0) is 16.4 Å². The first-order valence-electron chi connectivity index (χ1n) is 7.13. The van der Waals surface area contributed by atoms with Crippen molar-refractivity contribution in [2.75, 3.05) is 7.05 Å². The number of nitrogens with zero attached hydrogens (tertiary/aromatic N) is 1. The molecule has 0 aliphatic heterocycles. The number of hydrogen-bond acceptors (Lipinski definition) is 5. The Morgan fingerprint density at radius 2 is 1.58 bits per heavy atom. The van der Waals surface area contributed by atoms with E-state index in [-0.39, 0.29) is 17.3 Å². The van der Waals surface area contributed by atoms with Gasteiger partial charge in [-0.2, -0.15) is 0 Å². The normalized spacial score (nSPS) is 11.0. The van der Waals surface area contributed by atoms with Gasteiger partial charge in [0.25, 0.3) is 0 Å². The largest absolute Gasteiger partial charge is 0.314 e. The molecule has 0 aliphatic rings. The monoisotopic (exact) mass is 380 g/mol. The second-order valence-corrected chi connectivity index (χ2v) is 8.19. The number of benzene rings is 2. The molecule has 4 nitrogen and oxygen atoms in total. The smallest absolute Gasteiger partial charge is 0.218 e. The van der Waals surface area contributed by atoms with Crippen molar-refractivity contribution >= 4 is 33.6 Å². The number of halogens is 1. The third kappa shape index (κ3) is 3.67. The van der Waals surface area contributed by atoms with Crippen LogP contribution < -0.4 is 5.32 Å². The van der Waals surface area contributed by atoms with Gasteiger partial charge in [-0.25, -0.2) is 13.4 Å². The van der Waals surface area contributed by atoms with Gasteiger partial charge in [0, 0.05) is 12.1 Å². The summed E-state index contributed by atoms with van der Waals surface area (Å²) < 4.78 is 26.3. The fraction of sp³-hybridized carbons (Fsp3) is 0.118. The topological polar surface area (TPSA) is 59.1 Å². The first kappa shape index (κ1) is 18.6. The van der Waals surface area contributed by atoms with E-state index < -0.39 is 9.84 Å². The zero-order valence-corrected chi connectivity index (χ0v) is 15.4. The maximum absolute atomic E-state index is 13.0. The lowest BCUT2D eigenvalue weighted by Crippen LogP contribution is -2.04. The number of rotatable bonds is 5. The fourth-order valence-corrected chi connectivity index (χ4v) is 5.23. The van der Waals surface area contributed by atoms with Gasteiger partial charge in [-0.1, -0.05) is 48.5 Å². The summed E-state index contributed by atoms with van der Waals surface area (Å²) in [6.07, 6.45) is 0. The molecule has 7 heteroatoms. The highest BCUT2D eigenvalue weighted by Crippen LogP contribution is 2.35. The minimum absolute atomic E-state index is 0. The van der Waals surface area contributed by atoms with Crippen molar-refractivity contribution in [3.05, 3.63) is 65.7 Å². The van der Waals surface area contributed by atoms with Crippen LogP contribution in [0.2, 0.25) is 0 Å². The molecular weight excluding hydrogens is 364 g/mol. The SMILES string of the molecule is CNCc1nc(-c2ccccc2)c(S(=O)(=O)c2ccccc2)s1.Cl. The third-order valence-corrected chi connectivity index (χ3v) is 6.65. The maximum atomic E-state index is 13.0. The van der Waals surface area contributed by atoms with E-state index in [0.29, 0.717) is 16.4 Å². The van der Waals surface area contributed by atoms with E-state index in [0.717, 1.165) is 10.6 Å². The second-order valence-electron chi connectivity index (χ2n) is 4.96. The molecule has 0 radical (unpaired) electrons. The fourth-order valence-electron chi connectivity index (χ4n) is 2.24. The summed E-state index contributed by atoms with van der Waals surface area (Å²) >= 11 is 1.22. The number of nitrogens with one attached hydrogen (secondary N) is 1. The van der Waals surface area contributed by atoms with Gasteiger partial charge in [-0.15, -0.1) is 23.7 Å². The zero-order chi connectivity index (χ0) is 16.3. The average molecular weight is 381 g/mol. The van der Waals surface area contributed by atoms with E-state index in [1.54, 1.807) is 30.3 Å². The first-order chi connectivity index (χ1) is 11.1. The average Bonchev–Trinajstić information content (AvgIpc) is 3.02. The summed E-state index contributed by atoms with van der Waals surface area (Å²) in [6.45, 7) is 0.537. The Hall–Kier alpha value is -1.73. The van der Waals surface area contributed by atoms with E-state index in [1.807, 2.05) is 37.4 Å². The Kier molecular flexibility index (Phi) is 6.12. The quantitative estimate of drug-likeness (QED) is 0.731. The molecular formula is C17H17ClN2O2S2. The molecule has 1 heterocycles. The van der Waals surface area contributed by atoms with Gasteiger partial charge >= 0.3 is 0 Å². The van der Waals surface area contributed by atoms with E-state index >= 15 is 0 Å². The van der Waals surface area contributed by atoms with Crippen molar-refractivity contribution in [1.29, 1.82) is 0 Å². The van der Waals surface area contributed by atoms with Crippen LogP contribution in [0.1, 0.15) is 5.01 Å². The van der Waals surface area contributed by atoms with Crippen molar-refractivity contribution in [3.8, 4) is 11.3 Å². The van der Waals surface area contributed by atoms with Crippen molar-refractivity contribution in [1.82, 2.24) is 10.3 Å². The van der Waals surface area contributed by atoms with Crippen molar-refractivity contribution in [2.24, 2.45) is 0 Å². The van der Waals surface area contributed by atoms with Crippen LogP contribution in [0.3, 0.4) is 0 Å². The van der Waals surface area contributed by atoms with Gasteiger partial charge < -0.3 is 5.32 Å². The summed E-state index contributed by atoms with van der Waals surface area (Å²) in [6, 6.07) is 17.9. The molecule has 0 bridgehead atoms. The molecule has 2 aromatic carbocycles. The highest BCUT2D eigenvalue weighted by molar-refractivity contribution is 7.93. The Morgan fingerprint density at radius 1 is 1.00 bits per heavy atom. The molecule has 126 valence electrons. The number of thiazole rings is 1. The number of aromatic nitrogens is 1. The molecule has 3 rings (SSSR count). The summed E-state index contributed by atoms with van der Waals surface area (Å²) in [4.78, 5) is 4.83. The van der Waals surface area contributed by atoms with E-state index in [9.17, 15) is 8.42 Å². The molecule has 1 aromatic heterocycles. The minimum atomic E-state index is -3.59. The van der Waals surface area contributed by atoms with Crippen LogP contribution >= 0.6 is 23.7 Å². The molecule has 3 aromatic rings. The molecule has 0 fully saturated rings. The van der Waals surface area contributed by atoms with Gasteiger partial charge in [-0.05, 0) is 19.2 Å². The molecule has 0 spiro atoms. The van der Waals surface area contributed by atoms with Crippen molar-refractivity contribution in [3.63, 3.8) is 0 Å². The van der Waals surface area contributed by atoms with Crippen molar-refractivity contribution in [2.45, 2.75) is 15.6 Å². The van der Waals surface area contributed by atoms with Gasteiger partial charge in [0.05, 0.1) is 4.90 Å². The van der Waals surface area contributed by atoms with Gasteiger partial charge in [0.1, 0.15) is 10.7 Å². The van der Waals surface area contributed by atoms with Gasteiger partial charge in [0.15, 0.2) is 4.21 Å². The summed E-state index contributed by atoms with van der Waals surface area (Å²) in [7, 11) is -1.77. The molecule has 0 aliphatic carbocycles. The lowest BCUT2D eigenvalue weighted by molar-refractivity contribution is 0.598. The second kappa shape index (κ2) is 7.90. The van der Waals surface area contributed by atoms with E-state index in [2.05, 4.69) is 10.3 Å². The molecule has 24 heavy (non-hydrogen) atoms. The Morgan fingerprint density at radius 3 is 2.17 bits per heavy atom. The summed E-state index contributed by atoms with van der Waals surface area (Å²) in [5.74, 6) is 0. The van der Waals surface area contributed by atoms with E-state index in [1.165, 1.54) is 11.3 Å². The van der Waals surface area contributed by atoms with E-state index in [4.69, 9.17) is 0 Å². The van der Waals surface area contributed by atoms with Crippen LogP contribution in [0.15, 0.2) is 69.8 Å². The predicted octanol–water partition coefficient (Wildman–Crippen LogP) is 3.78. The van der Waals surface area contributed by atoms with Crippen LogP contribution in [0.4, 0.5) is 0 Å². The predicted molar refractivity (Wildman–Crippen MR) is 99.5 cm³/mol. The van der Waals surface area contributed by atoms with Gasteiger partial charge in [0.2, 0.25) is 9.84 Å². The maximum Gasteiger partial charge on any atom is 0.218 e. The van der Waals surface area contributed by atoms with Crippen molar-refractivity contribution < 1.29 is 8.42 Å².